The van der Waals surface area contributed by atoms with Crippen molar-refractivity contribution in [3.05, 3.63) is 35.4 Å². The molecule has 2 nitrogen and oxygen atoms in total. The van der Waals surface area contributed by atoms with Gasteiger partial charge >= 0.3 is 0 Å². The molecule has 0 unspecified atom stereocenters. The SMILES string of the molecule is CCc1c(F)cc(F)c2ccc(N)nc12. The quantitative estimate of drug-likeness (QED) is 0.782. The van der Waals surface area contributed by atoms with Crippen LogP contribution in [0.1, 0.15) is 12.5 Å². The van der Waals surface area contributed by atoms with Crippen LogP contribution in [0.15, 0.2) is 18.2 Å². The lowest BCUT2D eigenvalue weighted by Crippen LogP contribution is -1.98. The molecule has 2 N–H and O–H groups in total. The molecule has 0 atom stereocenters. The van der Waals surface area contributed by atoms with E-state index < -0.39 is 11.6 Å². The van der Waals surface area contributed by atoms with E-state index in [9.17, 15) is 8.78 Å². The van der Waals surface area contributed by atoms with Crippen LogP contribution in [0.4, 0.5) is 14.6 Å². The van der Waals surface area contributed by atoms with E-state index in [2.05, 4.69) is 4.98 Å². The molecule has 78 valence electrons. The summed E-state index contributed by atoms with van der Waals surface area (Å²) >= 11 is 0. The van der Waals surface area contributed by atoms with E-state index in [1.807, 2.05) is 0 Å². The minimum Gasteiger partial charge on any atom is -0.384 e. The van der Waals surface area contributed by atoms with Crippen molar-refractivity contribution in [2.75, 3.05) is 5.73 Å². The number of rotatable bonds is 1. The fourth-order valence-corrected chi connectivity index (χ4v) is 1.62. The number of fused-ring (bicyclic) bond motifs is 1. The zero-order chi connectivity index (χ0) is 11.0. The van der Waals surface area contributed by atoms with Crippen LogP contribution in [-0.4, -0.2) is 4.98 Å². The predicted molar refractivity (Wildman–Crippen MR) is 55.4 cm³/mol. The molecule has 2 aromatic rings. The van der Waals surface area contributed by atoms with Crippen molar-refractivity contribution in [1.29, 1.82) is 0 Å². The lowest BCUT2D eigenvalue weighted by atomic mass is 10.1. The number of benzene rings is 1. The molecule has 0 aliphatic rings. The van der Waals surface area contributed by atoms with Crippen LogP contribution in [0, 0.1) is 11.6 Å². The standard InChI is InChI=1S/C11H10F2N2/c1-2-6-8(12)5-9(13)7-3-4-10(14)15-11(6)7/h3-5H,2H2,1H3,(H2,14,15). The van der Waals surface area contributed by atoms with E-state index >= 15 is 0 Å². The van der Waals surface area contributed by atoms with Crippen molar-refractivity contribution in [1.82, 2.24) is 4.98 Å². The normalized spacial score (nSPS) is 10.9. The maximum Gasteiger partial charge on any atom is 0.135 e. The number of hydrogen-bond donors (Lipinski definition) is 1. The van der Waals surface area contributed by atoms with Crippen molar-refractivity contribution in [2.45, 2.75) is 13.3 Å². The van der Waals surface area contributed by atoms with Gasteiger partial charge in [0.25, 0.3) is 0 Å². The van der Waals surface area contributed by atoms with Gasteiger partial charge in [0.2, 0.25) is 0 Å². The van der Waals surface area contributed by atoms with Crippen LogP contribution in [0.5, 0.6) is 0 Å². The molecule has 1 aromatic carbocycles. The van der Waals surface area contributed by atoms with Crippen LogP contribution in [0.2, 0.25) is 0 Å². The van der Waals surface area contributed by atoms with Crippen LogP contribution >= 0.6 is 0 Å². The third kappa shape index (κ3) is 1.52. The summed E-state index contributed by atoms with van der Waals surface area (Å²) in [5.74, 6) is -0.907. The highest BCUT2D eigenvalue weighted by molar-refractivity contribution is 5.84. The van der Waals surface area contributed by atoms with E-state index in [-0.39, 0.29) is 5.82 Å². The summed E-state index contributed by atoms with van der Waals surface area (Å²) in [6, 6.07) is 3.91. The second kappa shape index (κ2) is 3.46. The number of halogens is 2. The lowest BCUT2D eigenvalue weighted by Gasteiger charge is -2.06. The summed E-state index contributed by atoms with van der Waals surface area (Å²) < 4.78 is 26.8. The van der Waals surface area contributed by atoms with Gasteiger partial charge < -0.3 is 5.73 Å². The first-order valence-corrected chi connectivity index (χ1v) is 4.66. The molecule has 2 rings (SSSR count). The molecule has 4 heteroatoms. The van der Waals surface area contributed by atoms with E-state index in [4.69, 9.17) is 5.73 Å². The molecule has 0 spiro atoms. The summed E-state index contributed by atoms with van der Waals surface area (Å²) in [6.45, 7) is 1.79. The molecule has 0 radical (unpaired) electrons. The second-order valence-electron chi connectivity index (χ2n) is 3.30. The first kappa shape index (κ1) is 9.83. The van der Waals surface area contributed by atoms with Gasteiger partial charge in [-0.1, -0.05) is 6.92 Å². The Bertz CT molecular complexity index is 523. The van der Waals surface area contributed by atoms with E-state index in [0.29, 0.717) is 22.9 Å². The number of pyridine rings is 1. The molecule has 0 fully saturated rings. The van der Waals surface area contributed by atoms with Crippen LogP contribution in [0.25, 0.3) is 10.9 Å². The summed E-state index contributed by atoms with van der Waals surface area (Å²) in [6.07, 6.45) is 0.457. The Hall–Kier alpha value is -1.71. The average molecular weight is 208 g/mol. The van der Waals surface area contributed by atoms with Crippen molar-refractivity contribution in [2.24, 2.45) is 0 Å². The Morgan fingerprint density at radius 3 is 2.67 bits per heavy atom. The highest BCUT2D eigenvalue weighted by atomic mass is 19.1. The molecular formula is C11H10F2N2. The topological polar surface area (TPSA) is 38.9 Å². The number of nitrogens with zero attached hydrogens (tertiary/aromatic N) is 1. The average Bonchev–Trinajstić information content (AvgIpc) is 2.17. The molecule has 1 heterocycles. The molecule has 0 saturated heterocycles. The van der Waals surface area contributed by atoms with Crippen LogP contribution in [0.3, 0.4) is 0 Å². The monoisotopic (exact) mass is 208 g/mol. The Balaban J connectivity index is 2.91. The molecule has 0 aliphatic carbocycles. The van der Waals surface area contributed by atoms with Gasteiger partial charge in [-0.3, -0.25) is 0 Å². The van der Waals surface area contributed by atoms with Crippen LogP contribution < -0.4 is 5.73 Å². The van der Waals surface area contributed by atoms with Gasteiger partial charge in [0.05, 0.1) is 5.52 Å². The number of nitrogen functional groups attached to an aromatic ring is 1. The first-order chi connectivity index (χ1) is 7.13. The van der Waals surface area contributed by atoms with Gasteiger partial charge in [0.15, 0.2) is 0 Å². The molecule has 1 aromatic heterocycles. The molecular weight excluding hydrogens is 198 g/mol. The highest BCUT2D eigenvalue weighted by Crippen LogP contribution is 2.24. The Morgan fingerprint density at radius 1 is 1.27 bits per heavy atom. The molecule has 0 saturated carbocycles. The van der Waals surface area contributed by atoms with E-state index in [1.54, 1.807) is 6.92 Å². The number of anilines is 1. The smallest absolute Gasteiger partial charge is 0.135 e. The summed E-state index contributed by atoms with van der Waals surface area (Å²) in [4.78, 5) is 3.97. The number of hydrogen-bond acceptors (Lipinski definition) is 2. The third-order valence-electron chi connectivity index (χ3n) is 2.36. The Labute approximate surface area is 85.7 Å². The fraction of sp³-hybridized carbons (Fsp3) is 0.182. The Morgan fingerprint density at radius 2 is 2.00 bits per heavy atom. The summed E-state index contributed by atoms with van der Waals surface area (Å²) in [5.41, 5.74) is 6.21. The maximum atomic E-state index is 13.4. The largest absolute Gasteiger partial charge is 0.384 e. The first-order valence-electron chi connectivity index (χ1n) is 4.66. The molecule has 15 heavy (non-hydrogen) atoms. The zero-order valence-corrected chi connectivity index (χ0v) is 8.22. The number of aryl methyl sites for hydroxylation is 1. The summed E-state index contributed by atoms with van der Waals surface area (Å²) in [7, 11) is 0. The second-order valence-corrected chi connectivity index (χ2v) is 3.30. The maximum absolute atomic E-state index is 13.4. The van der Waals surface area contributed by atoms with E-state index in [1.165, 1.54) is 12.1 Å². The van der Waals surface area contributed by atoms with E-state index in [0.717, 1.165) is 6.07 Å². The van der Waals surface area contributed by atoms with Crippen LogP contribution in [-0.2, 0) is 6.42 Å². The summed E-state index contributed by atoms with van der Waals surface area (Å²) in [5, 5.41) is 0.308. The minimum absolute atomic E-state index is 0.266. The van der Waals surface area contributed by atoms with Crippen molar-refractivity contribution in [3.63, 3.8) is 0 Å². The number of aromatic nitrogens is 1. The van der Waals surface area contributed by atoms with Gasteiger partial charge in [-0.2, -0.15) is 0 Å². The molecule has 0 amide bonds. The zero-order valence-electron chi connectivity index (χ0n) is 8.22. The van der Waals surface area contributed by atoms with Crippen molar-refractivity contribution >= 4 is 16.7 Å². The Kier molecular flexibility index (Phi) is 2.26. The van der Waals surface area contributed by atoms with Gasteiger partial charge in [-0.05, 0) is 18.6 Å². The third-order valence-corrected chi connectivity index (χ3v) is 2.36. The van der Waals surface area contributed by atoms with Crippen molar-refractivity contribution < 1.29 is 8.78 Å². The van der Waals surface area contributed by atoms with Gasteiger partial charge in [-0.15, -0.1) is 0 Å². The van der Waals surface area contributed by atoms with Crippen molar-refractivity contribution in [3.8, 4) is 0 Å². The highest BCUT2D eigenvalue weighted by Gasteiger charge is 2.12. The van der Waals surface area contributed by atoms with Gasteiger partial charge in [0, 0.05) is 17.0 Å². The van der Waals surface area contributed by atoms with Gasteiger partial charge in [0.1, 0.15) is 17.5 Å². The minimum atomic E-state index is -0.604. The number of nitrogens with two attached hydrogens (primary N) is 1. The lowest BCUT2D eigenvalue weighted by molar-refractivity contribution is 0.582. The predicted octanol–water partition coefficient (Wildman–Crippen LogP) is 2.66. The molecule has 0 bridgehead atoms. The van der Waals surface area contributed by atoms with Gasteiger partial charge in [-0.25, -0.2) is 13.8 Å². The molecule has 0 aliphatic heterocycles. The fourth-order valence-electron chi connectivity index (χ4n) is 1.62.